The Morgan fingerprint density at radius 2 is 1.81 bits per heavy atom. The van der Waals surface area contributed by atoms with Gasteiger partial charge in [0.25, 0.3) is 10.1 Å². The first-order valence-electron chi connectivity index (χ1n) is 6.98. The Kier molecular flexibility index (Phi) is 3.93. The van der Waals surface area contributed by atoms with Crippen LogP contribution in [0.5, 0.6) is 0 Å². The minimum Gasteiger partial charge on any atom is -0.300 e. The standard InChI is InChI=1S/C15H22O4SSi/c1-11-6-8-12(9-7-11)14(16)21(4,5)13-10-15(13,2)19-20(3,17)18/h6-9,13H,10H2,1-5H3/t13-,15-/m1/s1. The summed E-state index contributed by atoms with van der Waals surface area (Å²) in [6, 6.07) is 7.56. The van der Waals surface area contributed by atoms with Crippen molar-refractivity contribution in [2.45, 2.75) is 44.5 Å². The molecule has 0 radical (unpaired) electrons. The molecule has 1 aromatic rings. The molecule has 21 heavy (non-hydrogen) atoms. The molecule has 4 nitrogen and oxygen atoms in total. The monoisotopic (exact) mass is 326 g/mol. The molecule has 1 aliphatic carbocycles. The third kappa shape index (κ3) is 3.44. The van der Waals surface area contributed by atoms with E-state index in [4.69, 9.17) is 4.18 Å². The third-order valence-corrected chi connectivity index (χ3v) is 9.00. The molecule has 0 unspecified atom stereocenters. The largest absolute Gasteiger partial charge is 0.300 e. The molecule has 0 aliphatic heterocycles. The van der Waals surface area contributed by atoms with Gasteiger partial charge in [0.05, 0.1) is 11.9 Å². The highest BCUT2D eigenvalue weighted by molar-refractivity contribution is 7.86. The van der Waals surface area contributed by atoms with Gasteiger partial charge >= 0.3 is 0 Å². The molecule has 6 heteroatoms. The Balaban J connectivity index is 2.20. The van der Waals surface area contributed by atoms with Crippen LogP contribution in [0, 0.1) is 6.92 Å². The van der Waals surface area contributed by atoms with Gasteiger partial charge in [-0.05, 0) is 25.8 Å². The predicted molar refractivity (Wildman–Crippen MR) is 85.7 cm³/mol. The minimum absolute atomic E-state index is 0.0357. The summed E-state index contributed by atoms with van der Waals surface area (Å²) >= 11 is 0. The van der Waals surface area contributed by atoms with Crippen molar-refractivity contribution in [3.63, 3.8) is 0 Å². The maximum Gasteiger partial charge on any atom is 0.264 e. The lowest BCUT2D eigenvalue weighted by molar-refractivity contribution is 0.106. The van der Waals surface area contributed by atoms with Crippen LogP contribution in [0.1, 0.15) is 29.3 Å². The molecule has 0 bridgehead atoms. The molecular formula is C15H22O4SSi. The Hall–Kier alpha value is -0.983. The highest BCUT2D eigenvalue weighted by Gasteiger charge is 2.63. The number of aryl methyl sites for hydroxylation is 1. The summed E-state index contributed by atoms with van der Waals surface area (Å²) in [5.41, 5.74) is 1.16. The van der Waals surface area contributed by atoms with E-state index in [9.17, 15) is 13.2 Å². The maximum absolute atomic E-state index is 12.8. The number of benzene rings is 1. The molecule has 0 N–H and O–H groups in total. The number of carbonyl (C=O) groups excluding carboxylic acids is 1. The normalized spacial score (nSPS) is 25.7. The van der Waals surface area contributed by atoms with Crippen LogP contribution >= 0.6 is 0 Å². The summed E-state index contributed by atoms with van der Waals surface area (Å²) in [4.78, 5) is 12.8. The van der Waals surface area contributed by atoms with Crippen molar-refractivity contribution in [2.24, 2.45) is 0 Å². The van der Waals surface area contributed by atoms with Gasteiger partial charge in [-0.2, -0.15) is 8.42 Å². The second kappa shape index (κ2) is 5.03. The molecule has 0 heterocycles. The van der Waals surface area contributed by atoms with E-state index in [1.807, 2.05) is 44.3 Å². The van der Waals surface area contributed by atoms with Crippen LogP contribution in [0.25, 0.3) is 0 Å². The molecule has 0 spiro atoms. The first kappa shape index (κ1) is 16.4. The van der Waals surface area contributed by atoms with Crippen LogP contribution in [0.15, 0.2) is 24.3 Å². The fourth-order valence-electron chi connectivity index (χ4n) is 3.04. The SMILES string of the molecule is Cc1ccc(C(=O)[Si](C)(C)[C@@H]2C[C@@]2(C)OS(C)(=O)=O)cc1. The van der Waals surface area contributed by atoms with E-state index in [1.54, 1.807) is 6.92 Å². The Labute approximate surface area is 127 Å². The van der Waals surface area contributed by atoms with Gasteiger partial charge in [-0.3, -0.25) is 4.18 Å². The average molecular weight is 326 g/mol. The van der Waals surface area contributed by atoms with E-state index in [2.05, 4.69) is 0 Å². The quantitative estimate of drug-likeness (QED) is 0.616. The number of rotatable bonds is 5. The van der Waals surface area contributed by atoms with Crippen molar-refractivity contribution in [3.8, 4) is 0 Å². The van der Waals surface area contributed by atoms with Crippen LogP contribution in [0.4, 0.5) is 0 Å². The van der Waals surface area contributed by atoms with E-state index in [0.29, 0.717) is 12.0 Å². The molecule has 0 aromatic heterocycles. The molecule has 0 amide bonds. The van der Waals surface area contributed by atoms with Gasteiger partial charge in [0.2, 0.25) is 0 Å². The summed E-state index contributed by atoms with van der Waals surface area (Å²) in [5, 5.41) is 0.160. The molecule has 1 aromatic carbocycles. The van der Waals surface area contributed by atoms with Crippen molar-refractivity contribution >= 4 is 23.6 Å². The fraction of sp³-hybridized carbons (Fsp3) is 0.533. The summed E-state index contributed by atoms with van der Waals surface area (Å²) in [7, 11) is -5.79. The lowest BCUT2D eigenvalue weighted by Gasteiger charge is -2.23. The number of hydrogen-bond donors (Lipinski definition) is 0. The summed E-state index contributed by atoms with van der Waals surface area (Å²) in [5.74, 6) is 0. The first-order chi connectivity index (χ1) is 9.46. The van der Waals surface area contributed by atoms with Gasteiger partial charge in [-0.25, -0.2) is 0 Å². The van der Waals surface area contributed by atoms with Gasteiger partial charge in [0.15, 0.2) is 0 Å². The van der Waals surface area contributed by atoms with Crippen LogP contribution in [0.2, 0.25) is 18.6 Å². The Morgan fingerprint density at radius 1 is 1.29 bits per heavy atom. The van der Waals surface area contributed by atoms with Crippen molar-refractivity contribution in [2.75, 3.05) is 6.26 Å². The third-order valence-electron chi connectivity index (χ3n) is 4.30. The van der Waals surface area contributed by atoms with Gasteiger partial charge in [0.1, 0.15) is 13.5 Å². The average Bonchev–Trinajstić information content (AvgIpc) is 2.99. The Morgan fingerprint density at radius 3 is 2.29 bits per heavy atom. The summed E-state index contributed by atoms with van der Waals surface area (Å²) in [6.45, 7) is 7.76. The van der Waals surface area contributed by atoms with Crippen molar-refractivity contribution < 1.29 is 17.4 Å². The van der Waals surface area contributed by atoms with Crippen LogP contribution < -0.4 is 0 Å². The minimum atomic E-state index is -3.50. The van der Waals surface area contributed by atoms with Crippen molar-refractivity contribution in [1.29, 1.82) is 0 Å². The van der Waals surface area contributed by atoms with Gasteiger partial charge in [0, 0.05) is 5.56 Å². The molecule has 1 saturated carbocycles. The van der Waals surface area contributed by atoms with Gasteiger partial charge < -0.3 is 4.79 Å². The van der Waals surface area contributed by atoms with E-state index in [0.717, 1.165) is 11.8 Å². The van der Waals surface area contributed by atoms with E-state index >= 15 is 0 Å². The topological polar surface area (TPSA) is 60.4 Å². The number of hydrogen-bond acceptors (Lipinski definition) is 4. The molecule has 2 atom stereocenters. The fourth-order valence-corrected chi connectivity index (χ4v) is 7.73. The highest BCUT2D eigenvalue weighted by Crippen LogP contribution is 2.58. The molecule has 1 aliphatic rings. The van der Waals surface area contributed by atoms with Crippen molar-refractivity contribution in [1.82, 2.24) is 0 Å². The second-order valence-electron chi connectivity index (χ2n) is 6.77. The van der Waals surface area contributed by atoms with Gasteiger partial charge in [-0.15, -0.1) is 0 Å². The zero-order chi connectivity index (χ0) is 16.1. The maximum atomic E-state index is 12.8. The van der Waals surface area contributed by atoms with Crippen LogP contribution in [-0.2, 0) is 14.3 Å². The van der Waals surface area contributed by atoms with Gasteiger partial charge in [-0.1, -0.05) is 42.9 Å². The lowest BCUT2D eigenvalue weighted by atomic mass is 10.2. The van der Waals surface area contributed by atoms with Crippen molar-refractivity contribution in [3.05, 3.63) is 35.4 Å². The number of carbonyl (C=O) groups is 1. The molecular weight excluding hydrogens is 304 g/mol. The highest BCUT2D eigenvalue weighted by atomic mass is 32.2. The van der Waals surface area contributed by atoms with Crippen LogP contribution in [0.3, 0.4) is 0 Å². The summed E-state index contributed by atoms with van der Waals surface area (Å²) < 4.78 is 27.9. The molecule has 116 valence electrons. The lowest BCUT2D eigenvalue weighted by Crippen LogP contribution is -2.41. The van der Waals surface area contributed by atoms with E-state index in [-0.39, 0.29) is 10.9 Å². The summed E-state index contributed by atoms with van der Waals surface area (Å²) in [6.07, 6.45) is 1.70. The predicted octanol–water partition coefficient (Wildman–Crippen LogP) is 2.93. The second-order valence-corrected chi connectivity index (χ2v) is 12.9. The zero-order valence-electron chi connectivity index (χ0n) is 13.1. The van der Waals surface area contributed by atoms with E-state index < -0.39 is 23.8 Å². The molecule has 1 fully saturated rings. The van der Waals surface area contributed by atoms with E-state index in [1.165, 1.54) is 0 Å². The zero-order valence-corrected chi connectivity index (χ0v) is 15.0. The Bertz CT molecular complexity index is 663. The molecule has 0 saturated heterocycles. The smallest absolute Gasteiger partial charge is 0.264 e. The van der Waals surface area contributed by atoms with Crippen LogP contribution in [-0.4, -0.2) is 33.8 Å². The first-order valence-corrected chi connectivity index (χ1v) is 11.9. The molecule has 2 rings (SSSR count).